The Hall–Kier alpha value is -1.89. The molecule has 4 saturated carbocycles. The molecule has 4 aliphatic rings. The molecule has 0 saturated heterocycles. The lowest BCUT2D eigenvalue weighted by Crippen LogP contribution is -2.48. The van der Waals surface area contributed by atoms with Gasteiger partial charge in [-0.3, -0.25) is 15.1 Å². The second kappa shape index (κ2) is 5.31. The van der Waals surface area contributed by atoms with Crippen LogP contribution in [0, 0.1) is 17.8 Å². The van der Waals surface area contributed by atoms with E-state index < -0.39 is 0 Å². The third-order valence-corrected chi connectivity index (χ3v) is 7.02. The molecular formula is C17H19N5OS. The van der Waals surface area contributed by atoms with E-state index in [1.807, 2.05) is 0 Å². The highest BCUT2D eigenvalue weighted by Gasteiger charge is 2.53. The summed E-state index contributed by atoms with van der Waals surface area (Å²) in [6.07, 6.45) is 12.5. The maximum Gasteiger partial charge on any atom is 0.277 e. The van der Waals surface area contributed by atoms with Gasteiger partial charge in [-0.25, -0.2) is 4.98 Å². The van der Waals surface area contributed by atoms with Crippen molar-refractivity contribution in [2.45, 2.75) is 43.9 Å². The molecule has 6 rings (SSSR count). The summed E-state index contributed by atoms with van der Waals surface area (Å²) >= 11 is 1.54. The number of nitrogens with one attached hydrogen (secondary N) is 1. The molecule has 6 nitrogen and oxygen atoms in total. The Morgan fingerprint density at radius 1 is 1.08 bits per heavy atom. The van der Waals surface area contributed by atoms with E-state index in [1.54, 1.807) is 17.5 Å². The number of hydrogen-bond donors (Lipinski definition) is 1. The molecule has 0 atom stereocenters. The summed E-state index contributed by atoms with van der Waals surface area (Å²) in [6, 6.07) is 0. The Bertz CT molecular complexity index is 739. The molecule has 124 valence electrons. The molecule has 0 unspecified atom stereocenters. The van der Waals surface area contributed by atoms with Gasteiger partial charge in [-0.2, -0.15) is 0 Å². The summed E-state index contributed by atoms with van der Waals surface area (Å²) < 4.78 is 0. The molecule has 0 spiro atoms. The highest BCUT2D eigenvalue weighted by Crippen LogP contribution is 2.61. The number of hydrogen-bond acceptors (Lipinski definition) is 6. The van der Waals surface area contributed by atoms with Crippen molar-refractivity contribution in [1.82, 2.24) is 20.2 Å². The van der Waals surface area contributed by atoms with Gasteiger partial charge < -0.3 is 0 Å². The number of amides is 1. The van der Waals surface area contributed by atoms with Gasteiger partial charge in [0.25, 0.3) is 5.91 Å². The van der Waals surface area contributed by atoms with E-state index in [4.69, 9.17) is 0 Å². The smallest absolute Gasteiger partial charge is 0.277 e. The molecule has 1 N–H and O–H groups in total. The molecular weight excluding hydrogens is 322 g/mol. The zero-order valence-electron chi connectivity index (χ0n) is 13.3. The number of carbonyl (C=O) groups excluding carboxylic acids is 1. The van der Waals surface area contributed by atoms with Gasteiger partial charge in [0.05, 0.1) is 6.20 Å². The maximum atomic E-state index is 12.2. The van der Waals surface area contributed by atoms with Crippen molar-refractivity contribution >= 4 is 22.4 Å². The van der Waals surface area contributed by atoms with Crippen LogP contribution >= 0.6 is 11.3 Å². The zero-order valence-corrected chi connectivity index (χ0v) is 14.1. The molecule has 4 aliphatic carbocycles. The second-order valence-electron chi connectivity index (χ2n) is 7.66. The fourth-order valence-electron chi connectivity index (χ4n) is 5.44. The number of rotatable bonds is 3. The fourth-order valence-corrected chi connectivity index (χ4v) is 6.39. The highest BCUT2D eigenvalue weighted by atomic mass is 32.1. The lowest BCUT2D eigenvalue weighted by atomic mass is 9.50. The summed E-state index contributed by atoms with van der Waals surface area (Å²) in [4.78, 5) is 20.1. The molecule has 2 heterocycles. The molecule has 7 heteroatoms. The normalized spacial score (nSPS) is 33.6. The van der Waals surface area contributed by atoms with Crippen LogP contribution in [0.5, 0.6) is 0 Å². The Labute approximate surface area is 144 Å². The predicted molar refractivity (Wildman–Crippen MR) is 89.7 cm³/mol. The minimum absolute atomic E-state index is 0.224. The van der Waals surface area contributed by atoms with E-state index in [2.05, 4.69) is 25.5 Å². The van der Waals surface area contributed by atoms with Crippen LogP contribution < -0.4 is 5.32 Å². The molecule has 4 bridgehead atoms. The third kappa shape index (κ3) is 2.33. The van der Waals surface area contributed by atoms with Crippen molar-refractivity contribution in [3.63, 3.8) is 0 Å². The minimum Gasteiger partial charge on any atom is -0.295 e. The van der Waals surface area contributed by atoms with E-state index in [9.17, 15) is 4.79 Å². The number of anilines is 1. The van der Waals surface area contributed by atoms with Crippen LogP contribution in [0.3, 0.4) is 0 Å². The van der Waals surface area contributed by atoms with Gasteiger partial charge >= 0.3 is 0 Å². The van der Waals surface area contributed by atoms with Crippen LogP contribution in [0.4, 0.5) is 5.13 Å². The molecule has 4 fully saturated rings. The standard InChI is InChI=1S/C17H19N5OS/c23-14(13-9-18-1-2-19-13)20-16-22-21-15(24-16)17-6-10-3-11(7-17)5-12(4-10)8-17/h1-2,9-12H,3-8H2,(H,20,22,23). The first-order valence-electron chi connectivity index (χ1n) is 8.61. The lowest BCUT2D eigenvalue weighted by molar-refractivity contribution is -0.00555. The first kappa shape index (κ1) is 14.5. The maximum absolute atomic E-state index is 12.2. The van der Waals surface area contributed by atoms with Crippen molar-refractivity contribution in [2.24, 2.45) is 17.8 Å². The average Bonchev–Trinajstić information content (AvgIpc) is 3.04. The highest BCUT2D eigenvalue weighted by molar-refractivity contribution is 7.15. The van der Waals surface area contributed by atoms with Crippen LogP contribution in [0.1, 0.15) is 54.0 Å². The molecule has 0 aliphatic heterocycles. The van der Waals surface area contributed by atoms with Gasteiger partial charge in [-0.15, -0.1) is 10.2 Å². The molecule has 2 aromatic heterocycles. The fraction of sp³-hybridized carbons (Fsp3) is 0.588. The van der Waals surface area contributed by atoms with Gasteiger partial charge in [0, 0.05) is 17.8 Å². The molecule has 24 heavy (non-hydrogen) atoms. The monoisotopic (exact) mass is 341 g/mol. The van der Waals surface area contributed by atoms with Crippen molar-refractivity contribution < 1.29 is 4.79 Å². The van der Waals surface area contributed by atoms with Crippen LogP contribution in [0.15, 0.2) is 18.6 Å². The van der Waals surface area contributed by atoms with Crippen molar-refractivity contribution in [3.05, 3.63) is 29.3 Å². The van der Waals surface area contributed by atoms with Gasteiger partial charge in [0.2, 0.25) is 5.13 Å². The molecule has 2 aromatic rings. The largest absolute Gasteiger partial charge is 0.295 e. The van der Waals surface area contributed by atoms with E-state index in [0.717, 1.165) is 22.8 Å². The molecule has 1 amide bonds. The second-order valence-corrected chi connectivity index (χ2v) is 8.63. The SMILES string of the molecule is O=C(Nc1nnc(C23CC4CC(CC(C4)C2)C3)s1)c1cnccn1. The number of aromatic nitrogens is 4. The number of carbonyl (C=O) groups is 1. The Balaban J connectivity index is 1.37. The molecule has 0 aromatic carbocycles. The molecule has 0 radical (unpaired) electrons. The van der Waals surface area contributed by atoms with Gasteiger partial charge in [0.1, 0.15) is 10.7 Å². The van der Waals surface area contributed by atoms with E-state index in [-0.39, 0.29) is 11.3 Å². The number of nitrogens with zero attached hydrogens (tertiary/aromatic N) is 4. The van der Waals surface area contributed by atoms with Crippen molar-refractivity contribution in [2.75, 3.05) is 5.32 Å². The Morgan fingerprint density at radius 2 is 1.79 bits per heavy atom. The lowest BCUT2D eigenvalue weighted by Gasteiger charge is -2.55. The Morgan fingerprint density at radius 3 is 2.42 bits per heavy atom. The zero-order chi connectivity index (χ0) is 16.1. The van der Waals surface area contributed by atoms with Gasteiger partial charge in [0.15, 0.2) is 0 Å². The quantitative estimate of drug-likeness (QED) is 0.928. The summed E-state index contributed by atoms with van der Waals surface area (Å²) in [7, 11) is 0. The van der Waals surface area contributed by atoms with Crippen LogP contribution in [0.2, 0.25) is 0 Å². The minimum atomic E-state index is -0.281. The van der Waals surface area contributed by atoms with Gasteiger partial charge in [-0.05, 0) is 56.3 Å². The van der Waals surface area contributed by atoms with Crippen LogP contribution in [-0.4, -0.2) is 26.1 Å². The van der Waals surface area contributed by atoms with Gasteiger partial charge in [-0.1, -0.05) is 11.3 Å². The first-order valence-corrected chi connectivity index (χ1v) is 9.43. The van der Waals surface area contributed by atoms with E-state index in [1.165, 1.54) is 50.9 Å². The van der Waals surface area contributed by atoms with E-state index >= 15 is 0 Å². The summed E-state index contributed by atoms with van der Waals surface area (Å²) in [5.74, 6) is 2.34. The summed E-state index contributed by atoms with van der Waals surface area (Å²) in [6.45, 7) is 0. The van der Waals surface area contributed by atoms with Crippen molar-refractivity contribution in [1.29, 1.82) is 0 Å². The third-order valence-electron chi connectivity index (χ3n) is 5.93. The van der Waals surface area contributed by atoms with E-state index in [0.29, 0.717) is 10.8 Å². The average molecular weight is 341 g/mol. The topological polar surface area (TPSA) is 80.7 Å². The predicted octanol–water partition coefficient (Wildman–Crippen LogP) is 3.05. The summed E-state index contributed by atoms with van der Waals surface area (Å²) in [5.41, 5.74) is 0.520. The first-order chi connectivity index (χ1) is 11.7. The summed E-state index contributed by atoms with van der Waals surface area (Å²) in [5, 5.41) is 13.2. The van der Waals surface area contributed by atoms with Crippen LogP contribution in [0.25, 0.3) is 0 Å². The van der Waals surface area contributed by atoms with Crippen LogP contribution in [-0.2, 0) is 5.41 Å². The Kier molecular flexibility index (Phi) is 3.20. The van der Waals surface area contributed by atoms with Crippen molar-refractivity contribution in [3.8, 4) is 0 Å².